The van der Waals surface area contributed by atoms with E-state index < -0.39 is 155 Å². The Labute approximate surface area is 618 Å². The van der Waals surface area contributed by atoms with E-state index in [0.717, 1.165) is 20.3 Å². The summed E-state index contributed by atoms with van der Waals surface area (Å²) in [5.41, 5.74) is -2.39. The number of nitrogens with zero attached hydrogens (tertiary/aromatic N) is 6. The van der Waals surface area contributed by atoms with Gasteiger partial charge in [0.1, 0.15) is 62.8 Å². The summed E-state index contributed by atoms with van der Waals surface area (Å²) in [6.45, 7) is 40.1. The van der Waals surface area contributed by atoms with Crippen molar-refractivity contribution in [1.82, 2.24) is 22.9 Å². The summed E-state index contributed by atoms with van der Waals surface area (Å²) in [5.74, 6) is -1.84. The molecule has 0 bridgehead atoms. The molecule has 105 heavy (non-hydrogen) atoms. The van der Waals surface area contributed by atoms with Gasteiger partial charge in [-0.1, -0.05) is 67.6 Å². The van der Waals surface area contributed by atoms with Crippen LogP contribution in [-0.2, 0) is 120 Å². The van der Waals surface area contributed by atoms with Crippen molar-refractivity contribution < 1.29 is 93.2 Å². The summed E-state index contributed by atoms with van der Waals surface area (Å²) in [6.07, 6.45) is -9.35. The first kappa shape index (κ1) is 90.1. The topological polar surface area (TPSA) is 312 Å². The molecular weight excluding hydrogens is 1430 g/mol. The largest absolute Gasteiger partial charge is 0.459 e. The van der Waals surface area contributed by atoms with Crippen LogP contribution in [0.2, 0.25) is 0 Å². The maximum absolute atomic E-state index is 14.8. The van der Waals surface area contributed by atoms with Gasteiger partial charge in [0, 0.05) is 69.6 Å². The normalized spacial score (nSPS) is 20.8. The number of aryl methyl sites for hydroxylation is 2. The molecule has 0 amide bonds. The monoisotopic (exact) mass is 1540 g/mol. The molecule has 0 N–H and O–H groups in total. The lowest BCUT2D eigenvalue weighted by Gasteiger charge is -2.40. The van der Waals surface area contributed by atoms with Crippen LogP contribution in [0, 0.1) is 26.3 Å². The third kappa shape index (κ3) is 25.6. The first-order valence-corrected chi connectivity index (χ1v) is 39.8. The fourth-order valence-corrected chi connectivity index (χ4v) is 18.2. The molecule has 4 heterocycles. The Hall–Kier alpha value is -5.48. The Morgan fingerprint density at radius 2 is 0.943 bits per heavy atom. The second-order valence-corrected chi connectivity index (χ2v) is 33.3. The van der Waals surface area contributed by atoms with E-state index in [9.17, 15) is 37.9 Å². The zero-order valence-corrected chi connectivity index (χ0v) is 67.4. The SMILES string of the molecule is COCCO[C@@H]1[C@H](C)[C@@H]([C@H](OC(C)=O)[C@@H](C)P(=O)(OC(C)C)OC(C)C)O[C@H]1n1cc(C)c(=O)n(COCc2ccccc2)c1=O.[C-]#[N+]CCOP(O[C@@H]1[C@@H]([C@H](OC(C)=O)[C@@H](C)P(=O)(OC(C)C)OC(C)C)O[C@@H](n2cc(C)c(=O)n(COCc3ccccc3)c2=O)[C@@H]1OCCOC)N(C(C)C)C(C)C. The average molecular weight is 1540 g/mol. The van der Waals surface area contributed by atoms with Crippen molar-refractivity contribution in [1.29, 1.82) is 0 Å². The first-order valence-electron chi connectivity index (χ1n) is 35.5. The Kier molecular flexibility index (Phi) is 37.0. The minimum atomic E-state index is -4.10. The van der Waals surface area contributed by atoms with Gasteiger partial charge in [0.05, 0.1) is 75.4 Å². The highest BCUT2D eigenvalue weighted by atomic mass is 31.2. The molecule has 2 aromatic heterocycles. The Morgan fingerprint density at radius 1 is 0.562 bits per heavy atom. The molecule has 0 aliphatic carbocycles. The lowest BCUT2D eigenvalue weighted by atomic mass is 9.94. The summed E-state index contributed by atoms with van der Waals surface area (Å²) in [5, 5.41) is 0. The third-order valence-corrected chi connectivity index (χ3v) is 24.0. The highest BCUT2D eigenvalue weighted by molar-refractivity contribution is 7.55. The molecule has 0 spiro atoms. The minimum Gasteiger partial charge on any atom is -0.459 e. The van der Waals surface area contributed by atoms with Crippen molar-refractivity contribution in [2.45, 2.75) is 261 Å². The van der Waals surface area contributed by atoms with Gasteiger partial charge in [-0.05, 0) is 122 Å². The summed E-state index contributed by atoms with van der Waals surface area (Å²) in [4.78, 5) is 83.8. The number of esters is 2. The molecule has 2 aliphatic heterocycles. The molecule has 2 aliphatic rings. The van der Waals surface area contributed by atoms with E-state index in [1.165, 1.54) is 49.6 Å². The third-order valence-electron chi connectivity index (χ3n) is 16.5. The van der Waals surface area contributed by atoms with Crippen molar-refractivity contribution in [3.05, 3.63) is 148 Å². The van der Waals surface area contributed by atoms with E-state index >= 15 is 0 Å². The summed E-state index contributed by atoms with van der Waals surface area (Å²) >= 11 is 0. The van der Waals surface area contributed by atoms with Gasteiger partial charge in [0.2, 0.25) is 6.54 Å². The number of benzene rings is 2. The minimum absolute atomic E-state index is 0.00888. The van der Waals surface area contributed by atoms with E-state index in [0.29, 0.717) is 0 Å². The van der Waals surface area contributed by atoms with Gasteiger partial charge in [-0.3, -0.25) is 37.4 Å². The number of aromatic nitrogens is 4. The second-order valence-electron chi connectivity index (χ2n) is 27.3. The number of methoxy groups -OCH3 is 2. The first-order chi connectivity index (χ1) is 49.6. The highest BCUT2D eigenvalue weighted by Gasteiger charge is 2.58. The number of carbonyl (C=O) groups is 2. The molecule has 2 fully saturated rings. The maximum atomic E-state index is 14.8. The zero-order chi connectivity index (χ0) is 78.2. The van der Waals surface area contributed by atoms with Gasteiger partial charge in [-0.15, -0.1) is 0 Å². The molecule has 2 aromatic carbocycles. The molecule has 2 saturated heterocycles. The van der Waals surface area contributed by atoms with Gasteiger partial charge < -0.3 is 79.4 Å². The van der Waals surface area contributed by atoms with Gasteiger partial charge in [0.25, 0.3) is 19.6 Å². The molecular formula is C72H113N6O24P3. The van der Waals surface area contributed by atoms with Crippen LogP contribution in [0.25, 0.3) is 4.85 Å². The van der Waals surface area contributed by atoms with Crippen LogP contribution in [0.4, 0.5) is 0 Å². The van der Waals surface area contributed by atoms with Crippen molar-refractivity contribution in [3.63, 3.8) is 0 Å². The quantitative estimate of drug-likeness (QED) is 0.0172. The summed E-state index contributed by atoms with van der Waals surface area (Å²) in [6, 6.07) is 18.5. The summed E-state index contributed by atoms with van der Waals surface area (Å²) < 4.78 is 132. The molecule has 590 valence electrons. The molecule has 6 rings (SSSR count). The van der Waals surface area contributed by atoms with Gasteiger partial charge in [-0.25, -0.2) is 30.0 Å². The maximum Gasteiger partial charge on any atom is 0.337 e. The fourth-order valence-electron chi connectivity index (χ4n) is 12.0. The lowest BCUT2D eigenvalue weighted by Crippen LogP contribution is -2.49. The van der Waals surface area contributed by atoms with Crippen molar-refractivity contribution in [3.8, 4) is 0 Å². The Balaban J connectivity index is 0.000000389. The van der Waals surface area contributed by atoms with Crippen LogP contribution in [0.1, 0.15) is 152 Å². The van der Waals surface area contributed by atoms with Crippen LogP contribution in [0.15, 0.2) is 92.2 Å². The van der Waals surface area contributed by atoms with E-state index in [1.807, 2.05) is 100.0 Å². The molecule has 0 radical (unpaired) electrons. The van der Waals surface area contributed by atoms with Crippen molar-refractivity contribution in [2.24, 2.45) is 5.92 Å². The van der Waals surface area contributed by atoms with E-state index in [1.54, 1.807) is 83.1 Å². The van der Waals surface area contributed by atoms with Crippen molar-refractivity contribution in [2.75, 3.05) is 53.8 Å². The van der Waals surface area contributed by atoms with Gasteiger partial charge in [-0.2, -0.15) is 0 Å². The van der Waals surface area contributed by atoms with E-state index in [4.69, 9.17) is 81.1 Å². The van der Waals surface area contributed by atoms with E-state index in [2.05, 4.69) is 4.85 Å². The van der Waals surface area contributed by atoms with Gasteiger partial charge in [0.15, 0.2) is 12.5 Å². The van der Waals surface area contributed by atoms with Crippen molar-refractivity contribution >= 4 is 35.7 Å². The van der Waals surface area contributed by atoms with Gasteiger partial charge >= 0.3 is 38.5 Å². The number of ether oxygens (including phenoxy) is 10. The van der Waals surface area contributed by atoms with Crippen LogP contribution in [0.3, 0.4) is 0 Å². The molecule has 30 nitrogen and oxygen atoms in total. The number of carbonyl (C=O) groups excluding carboxylic acids is 2. The number of hydrogen-bond acceptors (Lipinski definition) is 25. The molecule has 13 atom stereocenters. The second kappa shape index (κ2) is 43.1. The lowest BCUT2D eigenvalue weighted by molar-refractivity contribution is -0.160. The standard InChI is InChI=1S/C40H64N4O13P2.C32H49N2O11P/c1-26(2)44(27(3)4)58(52-20-19-41-12)55-36-35(34(53-32(11)45)31(10)59(48,56-28(5)6)57-29(7)8)54-39(37(36)51-22-21-49-13)42-23-30(9)38(46)43(40(42)47)25-50-24-33-17-15-14-16-18-33;1-20(2)44-46(38,45-21(3)4)24(7)29(42-25(8)35)27-23(6)28(41-16-15-39-9)31(43-27)33-17-22(5)30(36)34(32(33)37)19-40-18-26-13-11-10-12-14-26/h14-18,23,26-29,31,34-37,39H,19-22,24-25H2,1-11,13H3;10-14,17,20-21,23-24,27-29,31H,15-16,18-19H2,1-9H3/t31-,34-,35-,36-,37-,39-,58?;23-,24-,27+,28-,29-,31-/m11/s1. The zero-order valence-electron chi connectivity index (χ0n) is 64.7. The molecule has 0 saturated carbocycles. The predicted molar refractivity (Wildman–Crippen MR) is 394 cm³/mol. The number of hydrogen-bond donors (Lipinski definition) is 0. The fraction of sp³-hybridized carbons (Fsp3) is 0.681. The Morgan fingerprint density at radius 3 is 1.31 bits per heavy atom. The predicted octanol–water partition coefficient (Wildman–Crippen LogP) is 10.9. The van der Waals surface area contributed by atoms with Crippen LogP contribution < -0.4 is 22.5 Å². The molecule has 33 heteroatoms. The average Bonchev–Trinajstić information content (AvgIpc) is 1.43. The number of rotatable bonds is 42. The van der Waals surface area contributed by atoms with Crippen LogP contribution in [-0.4, -0.2) is 179 Å². The smallest absolute Gasteiger partial charge is 0.337 e. The van der Waals surface area contributed by atoms with Crippen LogP contribution >= 0.6 is 23.7 Å². The highest BCUT2D eigenvalue weighted by Crippen LogP contribution is 2.60. The molecule has 4 aromatic rings. The van der Waals surface area contributed by atoms with E-state index in [-0.39, 0.29) is 89.5 Å². The molecule has 1 unspecified atom stereocenters. The Bertz CT molecular complexity index is 3700. The van der Waals surface area contributed by atoms with Crippen LogP contribution in [0.5, 0.6) is 0 Å². The summed E-state index contributed by atoms with van der Waals surface area (Å²) in [7, 11) is -6.92.